The fourth-order valence-corrected chi connectivity index (χ4v) is 11.1. The Morgan fingerprint density at radius 2 is 1.18 bits per heavy atom. The van der Waals surface area contributed by atoms with E-state index in [-0.39, 0.29) is 0 Å². The molecule has 5 aromatic carbocycles. The van der Waals surface area contributed by atoms with Gasteiger partial charge in [-0.1, -0.05) is 0 Å². The molecule has 184 valence electrons. The van der Waals surface area contributed by atoms with Crippen molar-refractivity contribution in [1.82, 2.24) is 14.4 Å². The van der Waals surface area contributed by atoms with Gasteiger partial charge in [0.05, 0.1) is 0 Å². The van der Waals surface area contributed by atoms with Crippen LogP contribution in [0.15, 0.2) is 133 Å². The number of pyridine rings is 2. The molecule has 0 N–H and O–H groups in total. The van der Waals surface area contributed by atoms with Crippen molar-refractivity contribution >= 4 is 85.9 Å². The summed E-state index contributed by atoms with van der Waals surface area (Å²) >= 11 is 3.72. The molecule has 0 spiro atoms. The Kier molecular flexibility index (Phi) is 5.12. The predicted octanol–water partition coefficient (Wildman–Crippen LogP) is 6.72. The molecule has 0 radical (unpaired) electrons. The zero-order valence-electron chi connectivity index (χ0n) is 20.9. The van der Waals surface area contributed by atoms with Gasteiger partial charge >= 0.3 is 234 Å². The second-order valence-corrected chi connectivity index (χ2v) is 16.0. The normalized spacial score (nSPS) is 12.2. The van der Waals surface area contributed by atoms with Gasteiger partial charge in [0.2, 0.25) is 0 Å². The third kappa shape index (κ3) is 3.33. The Labute approximate surface area is 233 Å². The van der Waals surface area contributed by atoms with Gasteiger partial charge in [-0.3, -0.25) is 0 Å². The fraction of sp³-hybridized carbons (Fsp3) is 0. The molecule has 0 amide bonds. The minimum absolute atomic E-state index is 0.942. The van der Waals surface area contributed by atoms with Crippen molar-refractivity contribution in [3.05, 3.63) is 133 Å². The molecule has 0 atom stereocenters. The van der Waals surface area contributed by atoms with E-state index in [1.165, 1.54) is 15.9 Å². The Balaban J connectivity index is 1.57. The number of benzene rings is 5. The summed E-state index contributed by atoms with van der Waals surface area (Å²) in [7, 11) is 0. The summed E-state index contributed by atoms with van der Waals surface area (Å²) in [6.07, 6.45) is 0. The van der Waals surface area contributed by atoms with Gasteiger partial charge in [-0.05, 0) is 0 Å². The topological polar surface area (TPSA) is 30.2 Å². The number of nitrogens with zero attached hydrogens (tertiary/aromatic N) is 3. The molecule has 0 unspecified atom stereocenters. The second-order valence-electron chi connectivity index (χ2n) is 9.79. The van der Waals surface area contributed by atoms with Gasteiger partial charge in [-0.15, -0.1) is 0 Å². The van der Waals surface area contributed by atoms with Crippen LogP contribution in [-0.2, 0) is 0 Å². The predicted molar refractivity (Wildman–Crippen MR) is 167 cm³/mol. The van der Waals surface area contributed by atoms with Crippen molar-refractivity contribution in [1.29, 1.82) is 0 Å². The van der Waals surface area contributed by atoms with Crippen LogP contribution >= 0.6 is 5.51 Å². The molecule has 0 aliphatic heterocycles. The third-order valence-corrected chi connectivity index (χ3v) is 14.6. The van der Waals surface area contributed by atoms with Crippen molar-refractivity contribution in [2.24, 2.45) is 0 Å². The third-order valence-electron chi connectivity index (χ3n) is 7.61. The zero-order chi connectivity index (χ0) is 26.0. The first kappa shape index (κ1) is 22.9. The van der Waals surface area contributed by atoms with Crippen molar-refractivity contribution in [2.45, 2.75) is 0 Å². The molecule has 8 aromatic rings. The summed E-state index contributed by atoms with van der Waals surface area (Å²) in [5, 5.41) is 7.15. The van der Waals surface area contributed by atoms with Crippen LogP contribution in [0.25, 0.3) is 49.4 Å². The number of hydrogen-bond donors (Lipinski definition) is 0. The quantitative estimate of drug-likeness (QED) is 0.100. The molecule has 3 aromatic heterocycles. The van der Waals surface area contributed by atoms with E-state index in [2.05, 4.69) is 147 Å². The van der Waals surface area contributed by atoms with E-state index >= 15 is 0 Å². The van der Waals surface area contributed by atoms with E-state index in [9.17, 15) is 0 Å². The Morgan fingerprint density at radius 3 is 1.95 bits per heavy atom. The molecule has 0 aliphatic rings. The number of hydrogen-bond acceptors (Lipinski definition) is 2. The molecule has 3 nitrogen and oxygen atoms in total. The molecule has 0 fully saturated rings. The first-order valence-electron chi connectivity index (χ1n) is 13.0. The van der Waals surface area contributed by atoms with Crippen LogP contribution in [0.2, 0.25) is 0 Å². The average molecular weight is 583 g/mol. The molecule has 0 saturated heterocycles. The molecule has 5 heteroatoms. The van der Waals surface area contributed by atoms with Crippen LogP contribution in [-0.4, -0.2) is 29.5 Å². The van der Waals surface area contributed by atoms with Gasteiger partial charge in [-0.25, -0.2) is 0 Å². The SMILES string of the molecule is [Se]=P(c1ccccc1)(c1ccccc1)c1cccc2c1nc1c3cc4ccccc4nc3c3ccccc3n21. The van der Waals surface area contributed by atoms with Crippen molar-refractivity contribution in [3.8, 4) is 0 Å². The molecule has 8 rings (SSSR count). The monoisotopic (exact) mass is 583 g/mol. The molecular formula is C34H22N3PSe. The van der Waals surface area contributed by atoms with Crippen LogP contribution in [0.4, 0.5) is 0 Å². The summed E-state index contributed by atoms with van der Waals surface area (Å²) in [6.45, 7) is 0. The first-order chi connectivity index (χ1) is 19.2. The molecule has 0 saturated carbocycles. The van der Waals surface area contributed by atoms with Crippen LogP contribution in [0.1, 0.15) is 0 Å². The number of imidazole rings is 1. The van der Waals surface area contributed by atoms with Crippen LogP contribution in [0, 0.1) is 0 Å². The maximum absolute atomic E-state index is 5.45. The number of fused-ring (bicyclic) bond motifs is 9. The Hall–Kier alpha value is -4.07. The average Bonchev–Trinajstić information content (AvgIpc) is 3.41. The standard InChI is InChI=1S/C34H22N3PSe/c39-38(24-13-3-1-4-14-24,25-15-5-2-6-16-25)31-21-11-20-30-33(31)36-34-27-22-23-12-7-9-18-28(23)35-32(27)26-17-8-10-19-29(26)37(30)34/h1-22H. The summed E-state index contributed by atoms with van der Waals surface area (Å²) in [6, 6.07) is 47.4. The number of aromatic nitrogens is 3. The molecule has 3 heterocycles. The summed E-state index contributed by atoms with van der Waals surface area (Å²) in [4.78, 5) is 10.6. The molecular weight excluding hydrogens is 560 g/mol. The van der Waals surface area contributed by atoms with Crippen LogP contribution < -0.4 is 15.9 Å². The number of para-hydroxylation sites is 3. The van der Waals surface area contributed by atoms with Crippen molar-refractivity contribution in [3.63, 3.8) is 0 Å². The summed E-state index contributed by atoms with van der Waals surface area (Å²) < 4.78 is 2.33. The van der Waals surface area contributed by atoms with E-state index in [0.29, 0.717) is 0 Å². The van der Waals surface area contributed by atoms with E-state index < -0.39 is 5.51 Å². The summed E-state index contributed by atoms with van der Waals surface area (Å²) in [5.74, 6) is 0. The van der Waals surface area contributed by atoms with Crippen molar-refractivity contribution in [2.75, 3.05) is 0 Å². The zero-order valence-corrected chi connectivity index (χ0v) is 23.5. The van der Waals surface area contributed by atoms with Gasteiger partial charge in [0.15, 0.2) is 0 Å². The Bertz CT molecular complexity index is 2210. The van der Waals surface area contributed by atoms with E-state index in [0.717, 1.165) is 49.4 Å². The van der Waals surface area contributed by atoms with Gasteiger partial charge < -0.3 is 0 Å². The van der Waals surface area contributed by atoms with E-state index in [1.54, 1.807) is 0 Å². The van der Waals surface area contributed by atoms with Gasteiger partial charge in [0, 0.05) is 0 Å². The first-order valence-corrected chi connectivity index (χ1v) is 17.0. The molecule has 39 heavy (non-hydrogen) atoms. The van der Waals surface area contributed by atoms with Crippen LogP contribution in [0.3, 0.4) is 0 Å². The van der Waals surface area contributed by atoms with Crippen molar-refractivity contribution < 1.29 is 0 Å². The molecule has 0 bridgehead atoms. The van der Waals surface area contributed by atoms with E-state index in [4.69, 9.17) is 9.97 Å². The minimum atomic E-state index is -2.10. The van der Waals surface area contributed by atoms with Gasteiger partial charge in [0.25, 0.3) is 0 Å². The van der Waals surface area contributed by atoms with Crippen LogP contribution in [0.5, 0.6) is 0 Å². The number of rotatable bonds is 3. The van der Waals surface area contributed by atoms with Gasteiger partial charge in [-0.2, -0.15) is 0 Å². The fourth-order valence-electron chi connectivity index (χ4n) is 5.83. The second kappa shape index (κ2) is 8.73. The Morgan fingerprint density at radius 1 is 0.538 bits per heavy atom. The maximum atomic E-state index is 5.45. The summed E-state index contributed by atoms with van der Waals surface area (Å²) in [5.41, 5.74) is 4.08. The van der Waals surface area contributed by atoms with E-state index in [1.807, 2.05) is 6.07 Å². The van der Waals surface area contributed by atoms with Gasteiger partial charge in [0.1, 0.15) is 0 Å². The molecule has 0 aliphatic carbocycles.